The number of benzene rings is 1. The van der Waals surface area contributed by atoms with Gasteiger partial charge in [0.1, 0.15) is 12.4 Å². The molecule has 8 heteroatoms. The molecule has 0 N–H and O–H groups in total. The molecule has 1 atom stereocenters. The van der Waals surface area contributed by atoms with Gasteiger partial charge in [-0.05, 0) is 37.6 Å². The SMILES string of the molecule is COC(=O)c1cc(Br)cc(OCCN2CCCC(C(F)(F)F)C2)c1. The fourth-order valence-corrected chi connectivity index (χ4v) is 3.17. The number of methoxy groups -OCH3 is 1. The summed E-state index contributed by atoms with van der Waals surface area (Å²) in [6, 6.07) is 4.85. The standard InChI is InChI=1S/C16H19BrF3NO3/c1-23-15(22)11-7-13(17)9-14(8-11)24-6-5-21-4-2-3-12(10-21)16(18,19)20/h7-9,12H,2-6,10H2,1H3. The molecule has 0 bridgehead atoms. The average Bonchev–Trinajstić information content (AvgIpc) is 2.53. The molecule has 1 unspecified atom stereocenters. The summed E-state index contributed by atoms with van der Waals surface area (Å²) in [4.78, 5) is 13.3. The number of carbonyl (C=O) groups excluding carboxylic acids is 1. The van der Waals surface area contributed by atoms with Crippen LogP contribution in [0.4, 0.5) is 13.2 Å². The second kappa shape index (κ2) is 8.20. The molecule has 0 amide bonds. The number of esters is 1. The number of likely N-dealkylation sites (tertiary alicyclic amines) is 1. The van der Waals surface area contributed by atoms with Crippen LogP contribution < -0.4 is 4.74 Å². The van der Waals surface area contributed by atoms with Crippen molar-refractivity contribution in [3.05, 3.63) is 28.2 Å². The first-order valence-corrected chi connectivity index (χ1v) is 8.39. The highest BCUT2D eigenvalue weighted by atomic mass is 79.9. The Balaban J connectivity index is 1.88. The number of carbonyl (C=O) groups is 1. The first kappa shape index (κ1) is 19.1. The highest BCUT2D eigenvalue weighted by Crippen LogP contribution is 2.33. The fourth-order valence-electron chi connectivity index (χ4n) is 2.70. The van der Waals surface area contributed by atoms with Crippen molar-refractivity contribution in [2.24, 2.45) is 5.92 Å². The number of alkyl halides is 3. The Kier molecular flexibility index (Phi) is 6.51. The van der Waals surface area contributed by atoms with E-state index in [1.165, 1.54) is 7.11 Å². The summed E-state index contributed by atoms with van der Waals surface area (Å²) < 4.78 is 49.3. The van der Waals surface area contributed by atoms with E-state index in [0.29, 0.717) is 35.3 Å². The number of nitrogens with zero attached hydrogens (tertiary/aromatic N) is 1. The summed E-state index contributed by atoms with van der Waals surface area (Å²) in [5.74, 6) is -1.28. The number of rotatable bonds is 5. The minimum atomic E-state index is -4.14. The van der Waals surface area contributed by atoms with Gasteiger partial charge < -0.3 is 9.47 Å². The molecular formula is C16H19BrF3NO3. The van der Waals surface area contributed by atoms with Crippen LogP contribution in [-0.2, 0) is 4.74 Å². The third-order valence-electron chi connectivity index (χ3n) is 3.94. The molecule has 134 valence electrons. The molecule has 0 saturated carbocycles. The van der Waals surface area contributed by atoms with Crippen molar-refractivity contribution >= 4 is 21.9 Å². The Morgan fingerprint density at radius 1 is 1.38 bits per heavy atom. The second-order valence-corrected chi connectivity index (χ2v) is 6.61. The molecule has 24 heavy (non-hydrogen) atoms. The zero-order chi connectivity index (χ0) is 17.7. The van der Waals surface area contributed by atoms with Gasteiger partial charge in [0.2, 0.25) is 0 Å². The Labute approximate surface area is 147 Å². The Morgan fingerprint density at radius 2 is 2.12 bits per heavy atom. The fraction of sp³-hybridized carbons (Fsp3) is 0.562. The maximum absolute atomic E-state index is 12.8. The van der Waals surface area contributed by atoms with E-state index in [1.807, 2.05) is 0 Å². The number of hydrogen-bond donors (Lipinski definition) is 0. The third kappa shape index (κ3) is 5.37. The average molecular weight is 410 g/mol. The van der Waals surface area contributed by atoms with Crippen LogP contribution in [0.25, 0.3) is 0 Å². The molecule has 0 aromatic heterocycles. The second-order valence-electron chi connectivity index (χ2n) is 5.70. The lowest BCUT2D eigenvalue weighted by molar-refractivity contribution is -0.186. The highest BCUT2D eigenvalue weighted by Gasteiger charge is 2.41. The van der Waals surface area contributed by atoms with Crippen molar-refractivity contribution in [1.29, 1.82) is 0 Å². The van der Waals surface area contributed by atoms with Crippen molar-refractivity contribution in [3.8, 4) is 5.75 Å². The maximum Gasteiger partial charge on any atom is 0.393 e. The zero-order valence-electron chi connectivity index (χ0n) is 13.2. The molecule has 1 fully saturated rings. The summed E-state index contributed by atoms with van der Waals surface area (Å²) in [5, 5.41) is 0. The van der Waals surface area contributed by atoms with E-state index in [1.54, 1.807) is 23.1 Å². The van der Waals surface area contributed by atoms with Crippen LogP contribution in [0.1, 0.15) is 23.2 Å². The Bertz CT molecular complexity index is 580. The van der Waals surface area contributed by atoms with Crippen LogP contribution in [0.15, 0.2) is 22.7 Å². The van der Waals surface area contributed by atoms with Crippen LogP contribution in [-0.4, -0.2) is 50.4 Å². The monoisotopic (exact) mass is 409 g/mol. The van der Waals surface area contributed by atoms with Crippen molar-refractivity contribution in [2.75, 3.05) is 33.4 Å². The smallest absolute Gasteiger partial charge is 0.393 e. The van der Waals surface area contributed by atoms with E-state index >= 15 is 0 Å². The van der Waals surface area contributed by atoms with Gasteiger partial charge in [-0.3, -0.25) is 4.90 Å². The largest absolute Gasteiger partial charge is 0.492 e. The molecule has 0 spiro atoms. The minimum Gasteiger partial charge on any atom is -0.492 e. The van der Waals surface area contributed by atoms with Gasteiger partial charge in [0.05, 0.1) is 18.6 Å². The lowest BCUT2D eigenvalue weighted by Crippen LogP contribution is -2.43. The Hall–Kier alpha value is -1.28. The molecule has 1 saturated heterocycles. The Morgan fingerprint density at radius 3 is 2.79 bits per heavy atom. The van der Waals surface area contributed by atoms with Gasteiger partial charge in [0, 0.05) is 17.6 Å². The van der Waals surface area contributed by atoms with E-state index in [9.17, 15) is 18.0 Å². The van der Waals surface area contributed by atoms with E-state index in [-0.39, 0.29) is 19.6 Å². The van der Waals surface area contributed by atoms with Crippen molar-refractivity contribution in [2.45, 2.75) is 19.0 Å². The van der Waals surface area contributed by atoms with Crippen molar-refractivity contribution in [1.82, 2.24) is 4.90 Å². The molecule has 0 radical (unpaired) electrons. The van der Waals surface area contributed by atoms with Gasteiger partial charge in [-0.2, -0.15) is 13.2 Å². The first-order valence-electron chi connectivity index (χ1n) is 7.60. The molecule has 4 nitrogen and oxygen atoms in total. The van der Waals surface area contributed by atoms with E-state index < -0.39 is 18.1 Å². The molecule has 1 aromatic carbocycles. The predicted molar refractivity (Wildman–Crippen MR) is 86.2 cm³/mol. The molecule has 2 rings (SSSR count). The molecular weight excluding hydrogens is 391 g/mol. The normalized spacial score (nSPS) is 19.1. The van der Waals surface area contributed by atoms with E-state index in [4.69, 9.17) is 4.74 Å². The van der Waals surface area contributed by atoms with Crippen LogP contribution in [0.2, 0.25) is 0 Å². The van der Waals surface area contributed by atoms with E-state index in [2.05, 4.69) is 20.7 Å². The van der Waals surface area contributed by atoms with Gasteiger partial charge in [-0.1, -0.05) is 15.9 Å². The van der Waals surface area contributed by atoms with Crippen LogP contribution in [0.5, 0.6) is 5.75 Å². The van der Waals surface area contributed by atoms with Gasteiger partial charge >= 0.3 is 12.1 Å². The summed E-state index contributed by atoms with van der Waals surface area (Å²) >= 11 is 3.29. The summed E-state index contributed by atoms with van der Waals surface area (Å²) in [6.45, 7) is 1.31. The van der Waals surface area contributed by atoms with E-state index in [0.717, 1.165) is 0 Å². The first-order chi connectivity index (χ1) is 11.3. The van der Waals surface area contributed by atoms with Crippen molar-refractivity contribution in [3.63, 3.8) is 0 Å². The molecule has 0 aliphatic carbocycles. The van der Waals surface area contributed by atoms with Crippen LogP contribution in [0, 0.1) is 5.92 Å². The highest BCUT2D eigenvalue weighted by molar-refractivity contribution is 9.10. The predicted octanol–water partition coefficient (Wildman–Crippen LogP) is 3.89. The summed E-state index contributed by atoms with van der Waals surface area (Å²) in [5.41, 5.74) is 0.344. The summed E-state index contributed by atoms with van der Waals surface area (Å²) in [7, 11) is 1.29. The van der Waals surface area contributed by atoms with Gasteiger partial charge in [0.25, 0.3) is 0 Å². The topological polar surface area (TPSA) is 38.8 Å². The van der Waals surface area contributed by atoms with Crippen LogP contribution >= 0.6 is 15.9 Å². The molecule has 1 aliphatic rings. The number of piperidine rings is 1. The van der Waals surface area contributed by atoms with Crippen LogP contribution in [0.3, 0.4) is 0 Å². The third-order valence-corrected chi connectivity index (χ3v) is 4.39. The van der Waals surface area contributed by atoms with Crippen molar-refractivity contribution < 1.29 is 27.4 Å². The minimum absolute atomic E-state index is 0.0127. The maximum atomic E-state index is 12.8. The summed E-state index contributed by atoms with van der Waals surface area (Å²) in [6.07, 6.45) is -3.41. The number of ether oxygens (including phenoxy) is 2. The zero-order valence-corrected chi connectivity index (χ0v) is 14.8. The van der Waals surface area contributed by atoms with Gasteiger partial charge in [0.15, 0.2) is 0 Å². The number of hydrogen-bond acceptors (Lipinski definition) is 4. The van der Waals surface area contributed by atoms with Gasteiger partial charge in [-0.15, -0.1) is 0 Å². The molecule has 1 aliphatic heterocycles. The lowest BCUT2D eigenvalue weighted by atomic mass is 9.98. The molecule has 1 heterocycles. The quantitative estimate of drug-likeness (QED) is 0.691. The number of halogens is 4. The lowest BCUT2D eigenvalue weighted by Gasteiger charge is -2.33. The molecule has 1 aromatic rings. The van der Waals surface area contributed by atoms with Gasteiger partial charge in [-0.25, -0.2) is 4.79 Å².